The molecule has 0 N–H and O–H groups in total. The summed E-state index contributed by atoms with van der Waals surface area (Å²) in [6.07, 6.45) is 0. The fourth-order valence-corrected chi connectivity index (χ4v) is 2.01. The van der Waals surface area contributed by atoms with Gasteiger partial charge >= 0.3 is 5.97 Å². The van der Waals surface area contributed by atoms with Crippen molar-refractivity contribution in [3.8, 4) is 0 Å². The molecule has 0 saturated heterocycles. The Morgan fingerprint density at radius 3 is 2.39 bits per heavy atom. The second-order valence-corrected chi connectivity index (χ2v) is 4.84. The van der Waals surface area contributed by atoms with Gasteiger partial charge in [0, 0.05) is 5.57 Å². The minimum absolute atomic E-state index is 0.298. The Labute approximate surface area is 106 Å². The molecule has 4 nitrogen and oxygen atoms in total. The summed E-state index contributed by atoms with van der Waals surface area (Å²) in [4.78, 5) is 11.7. The lowest BCUT2D eigenvalue weighted by Crippen LogP contribution is -2.18. The van der Waals surface area contributed by atoms with Gasteiger partial charge in [-0.3, -0.25) is 0 Å². The van der Waals surface area contributed by atoms with Crippen LogP contribution in [0.25, 0.3) is 5.57 Å². The Morgan fingerprint density at radius 2 is 1.83 bits per heavy atom. The van der Waals surface area contributed by atoms with Crippen LogP contribution >= 0.6 is 0 Å². The van der Waals surface area contributed by atoms with Gasteiger partial charge in [-0.1, -0.05) is 29.8 Å². The lowest BCUT2D eigenvalue weighted by Gasteiger charge is -2.18. The molecule has 0 saturated carbocycles. The summed E-state index contributed by atoms with van der Waals surface area (Å²) in [6, 6.07) is 7.97. The van der Waals surface area contributed by atoms with Gasteiger partial charge in [0.25, 0.3) is 0 Å². The molecule has 0 unspecified atom stereocenters. The molecule has 18 heavy (non-hydrogen) atoms. The predicted molar refractivity (Wildman–Crippen MR) is 69.1 cm³/mol. The molecule has 1 aliphatic rings. The van der Waals surface area contributed by atoms with Crippen LogP contribution in [0.15, 0.2) is 40.2 Å². The smallest absolute Gasteiger partial charge is 0.358 e. The van der Waals surface area contributed by atoms with Crippen molar-refractivity contribution in [3.63, 3.8) is 0 Å². The van der Waals surface area contributed by atoms with Gasteiger partial charge in [0.05, 0.1) is 7.11 Å². The van der Waals surface area contributed by atoms with Crippen LogP contribution in [-0.2, 0) is 9.53 Å². The Balaban J connectivity index is 2.56. The molecule has 4 heteroatoms. The van der Waals surface area contributed by atoms with Gasteiger partial charge in [0.1, 0.15) is 5.54 Å². The molecule has 0 radical (unpaired) electrons. The molecule has 0 atom stereocenters. The monoisotopic (exact) mass is 244 g/mol. The van der Waals surface area contributed by atoms with E-state index in [1.165, 1.54) is 12.7 Å². The third-order valence-electron chi connectivity index (χ3n) is 2.97. The molecular formula is C14H16N2O2. The topological polar surface area (TPSA) is 51.0 Å². The second-order valence-electron chi connectivity index (χ2n) is 4.84. The van der Waals surface area contributed by atoms with Crippen molar-refractivity contribution >= 4 is 11.5 Å². The highest BCUT2D eigenvalue weighted by Crippen LogP contribution is 2.39. The van der Waals surface area contributed by atoms with Crippen LogP contribution in [0, 0.1) is 6.92 Å². The minimum atomic E-state index is -0.501. The fraction of sp³-hybridized carbons (Fsp3) is 0.357. The lowest BCUT2D eigenvalue weighted by molar-refractivity contribution is -0.136. The maximum Gasteiger partial charge on any atom is 0.358 e. The third kappa shape index (κ3) is 2.06. The SMILES string of the molecule is COC(=O)C1=C(c2ccc(C)cc2)C(C)(C)N=N1. The Bertz CT molecular complexity index is 539. The van der Waals surface area contributed by atoms with E-state index < -0.39 is 11.5 Å². The van der Waals surface area contributed by atoms with E-state index in [1.807, 2.05) is 45.0 Å². The average Bonchev–Trinajstić information content (AvgIpc) is 2.65. The number of carbonyl (C=O) groups is 1. The van der Waals surface area contributed by atoms with E-state index in [2.05, 4.69) is 10.2 Å². The molecule has 1 aromatic rings. The van der Waals surface area contributed by atoms with Crippen LogP contribution in [0.4, 0.5) is 0 Å². The molecule has 0 fully saturated rings. The van der Waals surface area contributed by atoms with Gasteiger partial charge in [-0.05, 0) is 26.3 Å². The van der Waals surface area contributed by atoms with Crippen LogP contribution in [0.1, 0.15) is 25.0 Å². The third-order valence-corrected chi connectivity index (χ3v) is 2.97. The normalized spacial score (nSPS) is 17.1. The van der Waals surface area contributed by atoms with Crippen molar-refractivity contribution in [1.82, 2.24) is 0 Å². The van der Waals surface area contributed by atoms with Crippen molar-refractivity contribution in [3.05, 3.63) is 41.1 Å². The van der Waals surface area contributed by atoms with Gasteiger partial charge in [-0.25, -0.2) is 4.79 Å². The molecule has 1 aliphatic heterocycles. The first kappa shape index (κ1) is 12.5. The van der Waals surface area contributed by atoms with E-state index in [9.17, 15) is 4.79 Å². The number of rotatable bonds is 2. The Hall–Kier alpha value is -1.97. The zero-order chi connectivity index (χ0) is 13.3. The summed E-state index contributed by atoms with van der Waals surface area (Å²) in [5, 5.41) is 8.12. The second kappa shape index (κ2) is 4.37. The lowest BCUT2D eigenvalue weighted by atomic mass is 9.88. The van der Waals surface area contributed by atoms with Gasteiger partial charge in [-0.2, -0.15) is 5.11 Å². The highest BCUT2D eigenvalue weighted by Gasteiger charge is 2.35. The predicted octanol–water partition coefficient (Wildman–Crippen LogP) is 3.12. The molecule has 2 rings (SSSR count). The molecule has 94 valence electrons. The number of hydrogen-bond acceptors (Lipinski definition) is 4. The number of azo groups is 1. The van der Waals surface area contributed by atoms with Gasteiger partial charge in [0.2, 0.25) is 0 Å². The van der Waals surface area contributed by atoms with Gasteiger partial charge in [0.15, 0.2) is 5.70 Å². The number of ether oxygens (including phenoxy) is 1. The van der Waals surface area contributed by atoms with Gasteiger partial charge < -0.3 is 4.74 Å². The van der Waals surface area contributed by atoms with E-state index in [-0.39, 0.29) is 0 Å². The van der Waals surface area contributed by atoms with Crippen LogP contribution in [0.5, 0.6) is 0 Å². The number of carbonyl (C=O) groups excluding carboxylic acids is 1. The molecule has 0 bridgehead atoms. The van der Waals surface area contributed by atoms with Crippen molar-refractivity contribution in [2.75, 3.05) is 7.11 Å². The number of nitrogens with zero attached hydrogens (tertiary/aromatic N) is 2. The fourth-order valence-electron chi connectivity index (χ4n) is 2.01. The van der Waals surface area contributed by atoms with E-state index in [0.29, 0.717) is 5.70 Å². The molecule has 0 spiro atoms. The number of esters is 1. The summed E-state index contributed by atoms with van der Waals surface area (Å²) >= 11 is 0. The summed E-state index contributed by atoms with van der Waals surface area (Å²) < 4.78 is 4.75. The first-order chi connectivity index (χ1) is 8.45. The number of hydrogen-bond donors (Lipinski definition) is 0. The summed E-state index contributed by atoms with van der Waals surface area (Å²) in [5.41, 5.74) is 2.74. The number of benzene rings is 1. The van der Waals surface area contributed by atoms with E-state index in [4.69, 9.17) is 4.74 Å². The Morgan fingerprint density at radius 1 is 1.22 bits per heavy atom. The maximum absolute atomic E-state index is 11.7. The number of aryl methyl sites for hydroxylation is 1. The van der Waals surface area contributed by atoms with Crippen molar-refractivity contribution < 1.29 is 9.53 Å². The largest absolute Gasteiger partial charge is 0.464 e. The van der Waals surface area contributed by atoms with Crippen molar-refractivity contribution in [1.29, 1.82) is 0 Å². The number of methoxy groups -OCH3 is 1. The molecule has 1 aromatic carbocycles. The van der Waals surface area contributed by atoms with E-state index in [0.717, 1.165) is 11.1 Å². The molecule has 0 amide bonds. The van der Waals surface area contributed by atoms with Crippen LogP contribution in [0.2, 0.25) is 0 Å². The molecule has 1 heterocycles. The first-order valence-corrected chi connectivity index (χ1v) is 5.79. The standard InChI is InChI=1S/C14H16N2O2/c1-9-5-7-10(8-6-9)11-12(13(17)18-4)15-16-14(11,2)3/h5-8H,1-4H3. The summed E-state index contributed by atoms with van der Waals surface area (Å²) in [5.74, 6) is -0.445. The first-order valence-electron chi connectivity index (χ1n) is 5.79. The van der Waals surface area contributed by atoms with E-state index >= 15 is 0 Å². The van der Waals surface area contributed by atoms with Crippen LogP contribution < -0.4 is 0 Å². The average molecular weight is 244 g/mol. The zero-order valence-corrected chi connectivity index (χ0v) is 11.0. The minimum Gasteiger partial charge on any atom is -0.464 e. The summed E-state index contributed by atoms with van der Waals surface area (Å²) in [6.45, 7) is 5.89. The van der Waals surface area contributed by atoms with Crippen molar-refractivity contribution in [2.45, 2.75) is 26.3 Å². The molecular weight excluding hydrogens is 228 g/mol. The Kier molecular flexibility index (Phi) is 3.03. The molecule has 0 aromatic heterocycles. The van der Waals surface area contributed by atoms with Crippen LogP contribution in [-0.4, -0.2) is 18.6 Å². The molecule has 0 aliphatic carbocycles. The van der Waals surface area contributed by atoms with E-state index in [1.54, 1.807) is 0 Å². The highest BCUT2D eigenvalue weighted by molar-refractivity contribution is 6.00. The maximum atomic E-state index is 11.7. The highest BCUT2D eigenvalue weighted by atomic mass is 16.5. The van der Waals surface area contributed by atoms with Gasteiger partial charge in [-0.15, -0.1) is 5.11 Å². The van der Waals surface area contributed by atoms with Crippen molar-refractivity contribution in [2.24, 2.45) is 10.2 Å². The summed E-state index contributed by atoms with van der Waals surface area (Å²) in [7, 11) is 1.35. The quantitative estimate of drug-likeness (QED) is 0.750. The van der Waals surface area contributed by atoms with Crippen LogP contribution in [0.3, 0.4) is 0 Å². The zero-order valence-electron chi connectivity index (χ0n) is 11.0.